The number of ether oxygens (including phenoxy) is 2. The van der Waals surface area contributed by atoms with Gasteiger partial charge in [-0.05, 0) is 29.9 Å². The topological polar surface area (TPSA) is 72.0 Å². The first kappa shape index (κ1) is 10.2. The molecule has 1 aliphatic rings. The van der Waals surface area contributed by atoms with Gasteiger partial charge in [0.15, 0.2) is 16.3 Å². The summed E-state index contributed by atoms with van der Waals surface area (Å²) in [6.07, 6.45) is 0. The summed E-state index contributed by atoms with van der Waals surface area (Å²) >= 11 is 4.99. The molecule has 3 rings (SSSR count). The van der Waals surface area contributed by atoms with E-state index in [-0.39, 0.29) is 12.5 Å². The van der Waals surface area contributed by atoms with Crippen molar-refractivity contribution in [1.82, 2.24) is 14.8 Å². The lowest BCUT2D eigenvalue weighted by molar-refractivity contribution is 0.174. The number of fused-ring (bicyclic) bond motifs is 1. The number of rotatable bonds is 2. The Hall–Kier alpha value is -2.02. The third-order valence-electron chi connectivity index (χ3n) is 2.54. The molecule has 0 unspecified atom stereocenters. The highest BCUT2D eigenvalue weighted by Crippen LogP contribution is 2.32. The first-order valence-corrected chi connectivity index (χ1v) is 5.41. The van der Waals surface area contributed by atoms with E-state index in [9.17, 15) is 4.79 Å². The van der Waals surface area contributed by atoms with Crippen molar-refractivity contribution in [2.24, 2.45) is 0 Å². The zero-order valence-corrected chi connectivity index (χ0v) is 9.54. The molecule has 0 bridgehead atoms. The molecule has 0 fully saturated rings. The summed E-state index contributed by atoms with van der Waals surface area (Å²) in [7, 11) is 0. The van der Waals surface area contributed by atoms with Crippen LogP contribution in [0, 0.1) is 4.77 Å². The first-order valence-electron chi connectivity index (χ1n) is 5.00. The SMILES string of the molecule is O=c1[nH][nH]c(=S)n1Cc1ccc2c(c1)OCO2. The van der Waals surface area contributed by atoms with Crippen LogP contribution in [0.25, 0.3) is 0 Å². The number of H-pyrrole nitrogens is 2. The van der Waals surface area contributed by atoms with E-state index in [0.717, 1.165) is 11.3 Å². The molecule has 17 heavy (non-hydrogen) atoms. The summed E-state index contributed by atoms with van der Waals surface area (Å²) in [5, 5.41) is 5.03. The van der Waals surface area contributed by atoms with E-state index in [1.807, 2.05) is 18.2 Å². The van der Waals surface area contributed by atoms with E-state index >= 15 is 0 Å². The van der Waals surface area contributed by atoms with Crippen LogP contribution in [0.3, 0.4) is 0 Å². The molecule has 88 valence electrons. The van der Waals surface area contributed by atoms with Crippen molar-refractivity contribution in [1.29, 1.82) is 0 Å². The van der Waals surface area contributed by atoms with Gasteiger partial charge < -0.3 is 9.47 Å². The number of aromatic nitrogens is 3. The molecule has 6 nitrogen and oxygen atoms in total. The van der Waals surface area contributed by atoms with Crippen LogP contribution >= 0.6 is 12.2 Å². The van der Waals surface area contributed by atoms with E-state index in [0.29, 0.717) is 17.1 Å². The van der Waals surface area contributed by atoms with E-state index in [1.165, 1.54) is 4.57 Å². The Bertz CT molecular complexity index is 642. The van der Waals surface area contributed by atoms with Crippen molar-refractivity contribution in [2.75, 3.05) is 6.79 Å². The number of nitrogens with one attached hydrogen (secondary N) is 2. The molecule has 0 spiro atoms. The average Bonchev–Trinajstić information content (AvgIpc) is 2.90. The lowest BCUT2D eigenvalue weighted by Crippen LogP contribution is -2.17. The highest BCUT2D eigenvalue weighted by Gasteiger charge is 2.13. The van der Waals surface area contributed by atoms with Gasteiger partial charge in [-0.2, -0.15) is 0 Å². The average molecular weight is 251 g/mol. The maximum absolute atomic E-state index is 11.4. The summed E-state index contributed by atoms with van der Waals surface area (Å²) in [5.41, 5.74) is 0.670. The molecular formula is C10H9N3O3S. The monoisotopic (exact) mass is 251 g/mol. The second-order valence-corrected chi connectivity index (χ2v) is 4.02. The molecule has 0 aliphatic carbocycles. The smallest absolute Gasteiger partial charge is 0.342 e. The zero-order valence-electron chi connectivity index (χ0n) is 8.73. The summed E-state index contributed by atoms with van der Waals surface area (Å²) in [5.74, 6) is 1.42. The van der Waals surface area contributed by atoms with Gasteiger partial charge in [0.1, 0.15) is 0 Å². The Labute approximate surface area is 101 Å². The summed E-state index contributed by atoms with van der Waals surface area (Å²) in [4.78, 5) is 11.4. The molecule has 0 amide bonds. The summed E-state index contributed by atoms with van der Waals surface area (Å²) in [6, 6.07) is 5.54. The molecule has 1 aliphatic heterocycles. The van der Waals surface area contributed by atoms with Crippen LogP contribution in [-0.2, 0) is 6.54 Å². The van der Waals surface area contributed by atoms with Gasteiger partial charge >= 0.3 is 5.69 Å². The fourth-order valence-electron chi connectivity index (χ4n) is 1.70. The molecule has 7 heteroatoms. The summed E-state index contributed by atoms with van der Waals surface area (Å²) < 4.78 is 12.3. The normalized spacial score (nSPS) is 12.9. The van der Waals surface area contributed by atoms with Crippen molar-refractivity contribution < 1.29 is 9.47 Å². The van der Waals surface area contributed by atoms with Gasteiger partial charge in [0.25, 0.3) is 0 Å². The van der Waals surface area contributed by atoms with E-state index < -0.39 is 0 Å². The van der Waals surface area contributed by atoms with Crippen LogP contribution in [0.1, 0.15) is 5.56 Å². The fourth-order valence-corrected chi connectivity index (χ4v) is 1.90. The lowest BCUT2D eigenvalue weighted by atomic mass is 10.2. The molecule has 1 aromatic carbocycles. The number of benzene rings is 1. The highest BCUT2D eigenvalue weighted by atomic mass is 32.1. The van der Waals surface area contributed by atoms with Gasteiger partial charge in [-0.3, -0.25) is 9.67 Å². The van der Waals surface area contributed by atoms with Crippen LogP contribution in [0.5, 0.6) is 11.5 Å². The van der Waals surface area contributed by atoms with E-state index in [4.69, 9.17) is 21.7 Å². The van der Waals surface area contributed by atoms with Gasteiger partial charge in [0, 0.05) is 0 Å². The minimum absolute atomic E-state index is 0.239. The van der Waals surface area contributed by atoms with Crippen molar-refractivity contribution >= 4 is 12.2 Å². The van der Waals surface area contributed by atoms with E-state index in [1.54, 1.807) is 0 Å². The van der Waals surface area contributed by atoms with Gasteiger partial charge in [0.05, 0.1) is 6.54 Å². The Morgan fingerprint density at radius 2 is 2.12 bits per heavy atom. The van der Waals surface area contributed by atoms with Crippen LogP contribution in [0.15, 0.2) is 23.0 Å². The summed E-state index contributed by atoms with van der Waals surface area (Å²) in [6.45, 7) is 0.636. The molecule has 0 atom stereocenters. The minimum Gasteiger partial charge on any atom is -0.454 e. The van der Waals surface area contributed by atoms with Crippen LogP contribution in [0.4, 0.5) is 0 Å². The number of aromatic amines is 2. The Morgan fingerprint density at radius 1 is 1.29 bits per heavy atom. The van der Waals surface area contributed by atoms with Gasteiger partial charge in [0.2, 0.25) is 6.79 Å². The molecular weight excluding hydrogens is 242 g/mol. The molecule has 0 saturated carbocycles. The van der Waals surface area contributed by atoms with Gasteiger partial charge in [-0.15, -0.1) is 0 Å². The molecule has 0 radical (unpaired) electrons. The van der Waals surface area contributed by atoms with Crippen molar-refractivity contribution in [3.63, 3.8) is 0 Å². The standard InChI is InChI=1S/C10H9N3O3S/c14-9-11-12-10(17)13(9)4-6-1-2-7-8(3-6)16-5-15-7/h1-3H,4-5H2,(H,11,14)(H,12,17). The molecule has 1 aromatic heterocycles. The van der Waals surface area contributed by atoms with Gasteiger partial charge in [-0.25, -0.2) is 9.89 Å². The minimum atomic E-state index is -0.257. The van der Waals surface area contributed by atoms with Crippen molar-refractivity contribution in [3.8, 4) is 11.5 Å². The number of nitrogens with zero attached hydrogens (tertiary/aromatic N) is 1. The fraction of sp³-hybridized carbons (Fsp3) is 0.200. The maximum Gasteiger partial charge on any atom is 0.342 e. The largest absolute Gasteiger partial charge is 0.454 e. The predicted molar refractivity (Wildman–Crippen MR) is 61.9 cm³/mol. The second kappa shape index (κ2) is 3.77. The van der Waals surface area contributed by atoms with E-state index in [2.05, 4.69) is 10.2 Å². The Kier molecular flexibility index (Phi) is 2.25. The maximum atomic E-state index is 11.4. The molecule has 2 heterocycles. The van der Waals surface area contributed by atoms with Crippen molar-refractivity contribution in [2.45, 2.75) is 6.54 Å². The quantitative estimate of drug-likeness (QED) is 0.781. The van der Waals surface area contributed by atoms with Crippen LogP contribution in [-0.4, -0.2) is 21.6 Å². The predicted octanol–water partition coefficient (Wildman–Crippen LogP) is 1.01. The van der Waals surface area contributed by atoms with Crippen LogP contribution in [0.2, 0.25) is 0 Å². The first-order chi connectivity index (χ1) is 8.24. The zero-order chi connectivity index (χ0) is 11.8. The van der Waals surface area contributed by atoms with Gasteiger partial charge in [-0.1, -0.05) is 6.07 Å². The Morgan fingerprint density at radius 3 is 2.88 bits per heavy atom. The van der Waals surface area contributed by atoms with Crippen molar-refractivity contribution in [3.05, 3.63) is 39.0 Å². The lowest BCUT2D eigenvalue weighted by Gasteiger charge is -2.02. The highest BCUT2D eigenvalue weighted by molar-refractivity contribution is 7.71. The Balaban J connectivity index is 1.96. The molecule has 2 aromatic rings. The third-order valence-corrected chi connectivity index (χ3v) is 2.87. The third kappa shape index (κ3) is 1.74. The second-order valence-electron chi connectivity index (χ2n) is 3.63. The van der Waals surface area contributed by atoms with Crippen LogP contribution < -0.4 is 15.2 Å². The molecule has 2 N–H and O–H groups in total. The number of hydrogen-bond donors (Lipinski definition) is 2. The number of hydrogen-bond acceptors (Lipinski definition) is 4. The molecule has 0 saturated heterocycles.